The van der Waals surface area contributed by atoms with Crippen molar-refractivity contribution < 1.29 is 4.79 Å². The molecule has 0 radical (unpaired) electrons. The molecule has 1 unspecified atom stereocenters. The maximum absolute atomic E-state index is 11.9. The number of amides is 2. The topological polar surface area (TPSA) is 41.1 Å². The average Bonchev–Trinajstić information content (AvgIpc) is 2.48. The second-order valence-electron chi connectivity index (χ2n) is 4.91. The van der Waals surface area contributed by atoms with Gasteiger partial charge >= 0.3 is 6.03 Å². The van der Waals surface area contributed by atoms with Crippen LogP contribution in [0.2, 0.25) is 0 Å². The van der Waals surface area contributed by atoms with Gasteiger partial charge in [-0.25, -0.2) is 4.79 Å². The number of nitrogens with one attached hydrogen (secondary N) is 2. The Morgan fingerprint density at radius 2 is 1.90 bits per heavy atom. The maximum Gasteiger partial charge on any atom is 0.315 e. The molecule has 4 heteroatoms. The van der Waals surface area contributed by atoms with E-state index < -0.39 is 0 Å². The highest BCUT2D eigenvalue weighted by Crippen LogP contribution is 2.17. The molecule has 0 heterocycles. The molecule has 0 aliphatic carbocycles. The van der Waals surface area contributed by atoms with Crippen LogP contribution in [0.5, 0.6) is 0 Å². The fourth-order valence-electron chi connectivity index (χ4n) is 2.07. The molecule has 2 amide bonds. The molecule has 0 aliphatic heterocycles. The summed E-state index contributed by atoms with van der Waals surface area (Å²) in [6.45, 7) is 2.60. The van der Waals surface area contributed by atoms with Crippen molar-refractivity contribution in [1.82, 2.24) is 10.6 Å². The first-order chi connectivity index (χ1) is 10.1. The first-order valence-corrected chi connectivity index (χ1v) is 7.78. The second kappa shape index (κ2) is 7.84. The van der Waals surface area contributed by atoms with Crippen molar-refractivity contribution in [2.45, 2.75) is 19.4 Å². The number of rotatable bonds is 5. The Labute approximate surface area is 133 Å². The zero-order valence-electron chi connectivity index (χ0n) is 12.0. The minimum atomic E-state index is -0.140. The highest BCUT2D eigenvalue weighted by Gasteiger charge is 2.09. The first-order valence-electron chi connectivity index (χ1n) is 6.99. The van der Waals surface area contributed by atoms with Crippen molar-refractivity contribution >= 4 is 22.0 Å². The number of hydrogen-bond acceptors (Lipinski definition) is 1. The van der Waals surface area contributed by atoms with E-state index in [1.807, 2.05) is 49.4 Å². The Balaban J connectivity index is 1.76. The van der Waals surface area contributed by atoms with Gasteiger partial charge in [-0.15, -0.1) is 0 Å². The number of urea groups is 1. The lowest BCUT2D eigenvalue weighted by molar-refractivity contribution is 0.238. The first kappa shape index (κ1) is 15.6. The Morgan fingerprint density at radius 3 is 2.62 bits per heavy atom. The molecule has 0 saturated carbocycles. The van der Waals surface area contributed by atoms with Gasteiger partial charge in [-0.2, -0.15) is 0 Å². The molecule has 0 bridgehead atoms. The predicted molar refractivity (Wildman–Crippen MR) is 89.2 cm³/mol. The van der Waals surface area contributed by atoms with Crippen LogP contribution in [0.15, 0.2) is 59.1 Å². The molecule has 2 N–H and O–H groups in total. The van der Waals surface area contributed by atoms with Gasteiger partial charge in [0, 0.05) is 11.0 Å². The van der Waals surface area contributed by atoms with Gasteiger partial charge in [0.2, 0.25) is 0 Å². The summed E-state index contributed by atoms with van der Waals surface area (Å²) in [5.74, 6) is 0. The largest absolute Gasteiger partial charge is 0.338 e. The van der Waals surface area contributed by atoms with Gasteiger partial charge in [-0.05, 0) is 36.6 Å². The van der Waals surface area contributed by atoms with Gasteiger partial charge in [0.1, 0.15) is 0 Å². The van der Waals surface area contributed by atoms with Crippen LogP contribution in [0.4, 0.5) is 4.79 Å². The third-order valence-electron chi connectivity index (χ3n) is 3.24. The highest BCUT2D eigenvalue weighted by molar-refractivity contribution is 9.10. The minimum Gasteiger partial charge on any atom is -0.338 e. The zero-order valence-corrected chi connectivity index (χ0v) is 13.6. The lowest BCUT2D eigenvalue weighted by Gasteiger charge is -2.15. The van der Waals surface area contributed by atoms with Gasteiger partial charge in [0.05, 0.1) is 6.04 Å². The fourth-order valence-corrected chi connectivity index (χ4v) is 2.49. The Morgan fingerprint density at radius 1 is 1.14 bits per heavy atom. The minimum absolute atomic E-state index is 0.0285. The number of hydrogen-bond donors (Lipinski definition) is 2. The number of halogens is 1. The predicted octanol–water partition coefficient (Wildman–Crippen LogP) is 4.05. The molecule has 2 aromatic rings. The van der Waals surface area contributed by atoms with Gasteiger partial charge in [0.15, 0.2) is 0 Å². The number of benzene rings is 2. The molecule has 0 saturated heterocycles. The van der Waals surface area contributed by atoms with Crippen LogP contribution < -0.4 is 10.6 Å². The molecule has 0 aromatic heterocycles. The van der Waals surface area contributed by atoms with E-state index in [0.717, 1.165) is 16.5 Å². The van der Waals surface area contributed by atoms with Gasteiger partial charge in [-0.1, -0.05) is 58.4 Å². The van der Waals surface area contributed by atoms with E-state index in [4.69, 9.17) is 0 Å². The van der Waals surface area contributed by atoms with Crippen molar-refractivity contribution in [2.24, 2.45) is 0 Å². The molecule has 0 fully saturated rings. The van der Waals surface area contributed by atoms with Crippen LogP contribution in [0.1, 0.15) is 24.1 Å². The summed E-state index contributed by atoms with van der Waals surface area (Å²) in [7, 11) is 0. The second-order valence-corrected chi connectivity index (χ2v) is 5.83. The van der Waals surface area contributed by atoms with E-state index in [0.29, 0.717) is 6.54 Å². The van der Waals surface area contributed by atoms with E-state index in [-0.39, 0.29) is 12.1 Å². The molecular weight excluding hydrogens is 328 g/mol. The Bertz CT molecular complexity index is 586. The SMILES string of the molecule is CC(NC(=O)NCCc1ccccc1)c1cccc(Br)c1. The third-order valence-corrected chi connectivity index (χ3v) is 3.73. The van der Waals surface area contributed by atoms with Crippen LogP contribution >= 0.6 is 15.9 Å². The summed E-state index contributed by atoms with van der Waals surface area (Å²) >= 11 is 3.44. The van der Waals surface area contributed by atoms with Gasteiger partial charge < -0.3 is 10.6 Å². The average molecular weight is 347 g/mol. The summed E-state index contributed by atoms with van der Waals surface area (Å²) < 4.78 is 1.01. The third kappa shape index (κ3) is 5.23. The molecule has 0 spiro atoms. The molecule has 2 rings (SSSR count). The highest BCUT2D eigenvalue weighted by atomic mass is 79.9. The molecule has 3 nitrogen and oxygen atoms in total. The van der Waals surface area contributed by atoms with Crippen molar-refractivity contribution in [1.29, 1.82) is 0 Å². The summed E-state index contributed by atoms with van der Waals surface area (Å²) in [5.41, 5.74) is 2.29. The summed E-state index contributed by atoms with van der Waals surface area (Å²) in [6, 6.07) is 17.9. The van der Waals surface area contributed by atoms with Crippen LogP contribution in [-0.4, -0.2) is 12.6 Å². The smallest absolute Gasteiger partial charge is 0.315 e. The van der Waals surface area contributed by atoms with Gasteiger partial charge in [-0.3, -0.25) is 0 Å². The molecule has 21 heavy (non-hydrogen) atoms. The van der Waals surface area contributed by atoms with E-state index in [1.165, 1.54) is 5.56 Å². The molecular formula is C17H19BrN2O. The van der Waals surface area contributed by atoms with E-state index in [9.17, 15) is 4.79 Å². The monoisotopic (exact) mass is 346 g/mol. The van der Waals surface area contributed by atoms with E-state index in [1.54, 1.807) is 0 Å². The Kier molecular flexibility index (Phi) is 5.81. The van der Waals surface area contributed by atoms with Crippen molar-refractivity contribution in [3.8, 4) is 0 Å². The molecule has 2 aromatic carbocycles. The van der Waals surface area contributed by atoms with E-state index >= 15 is 0 Å². The molecule has 110 valence electrons. The van der Waals surface area contributed by atoms with Crippen LogP contribution in [0.25, 0.3) is 0 Å². The lowest BCUT2D eigenvalue weighted by Crippen LogP contribution is -2.38. The fraction of sp³-hybridized carbons (Fsp3) is 0.235. The summed E-state index contributed by atoms with van der Waals surface area (Å²) in [4.78, 5) is 11.9. The molecule has 1 atom stereocenters. The van der Waals surface area contributed by atoms with Crippen LogP contribution in [0, 0.1) is 0 Å². The maximum atomic E-state index is 11.9. The summed E-state index contributed by atoms with van der Waals surface area (Å²) in [5, 5.41) is 5.82. The van der Waals surface area contributed by atoms with Crippen LogP contribution in [-0.2, 0) is 6.42 Å². The van der Waals surface area contributed by atoms with Crippen molar-refractivity contribution in [3.05, 3.63) is 70.2 Å². The normalized spacial score (nSPS) is 11.7. The lowest BCUT2D eigenvalue weighted by atomic mass is 10.1. The standard InChI is InChI=1S/C17H19BrN2O/c1-13(15-8-5-9-16(18)12-15)20-17(21)19-11-10-14-6-3-2-4-7-14/h2-9,12-13H,10-11H2,1H3,(H2,19,20,21). The summed E-state index contributed by atoms with van der Waals surface area (Å²) in [6.07, 6.45) is 0.833. The quantitative estimate of drug-likeness (QED) is 0.842. The number of carbonyl (C=O) groups is 1. The number of carbonyl (C=O) groups excluding carboxylic acids is 1. The Hall–Kier alpha value is -1.81. The zero-order chi connectivity index (χ0) is 15.1. The van der Waals surface area contributed by atoms with Crippen molar-refractivity contribution in [3.63, 3.8) is 0 Å². The van der Waals surface area contributed by atoms with Gasteiger partial charge in [0.25, 0.3) is 0 Å². The van der Waals surface area contributed by atoms with Crippen LogP contribution in [0.3, 0.4) is 0 Å². The molecule has 0 aliphatic rings. The van der Waals surface area contributed by atoms with E-state index in [2.05, 4.69) is 38.7 Å². The van der Waals surface area contributed by atoms with Crippen molar-refractivity contribution in [2.75, 3.05) is 6.54 Å².